The molecule has 0 aromatic rings. The highest BCUT2D eigenvalue weighted by Crippen LogP contribution is 2.25. The van der Waals surface area contributed by atoms with E-state index in [0.29, 0.717) is 0 Å². The number of hydrogen-bond acceptors (Lipinski definition) is 1. The van der Waals surface area contributed by atoms with Gasteiger partial charge >= 0.3 is 0 Å². The molecule has 2 nitrogen and oxygen atoms in total. The Bertz CT molecular complexity index is 183. The maximum absolute atomic E-state index is 7.91. The monoisotopic (exact) mass is 180 g/mol. The predicted octanol–water partition coefficient (Wildman–Crippen LogP) is 2.78. The Balaban J connectivity index is 1.92. The molecular weight excluding hydrogens is 160 g/mol. The molecule has 0 atom stereocenters. The van der Waals surface area contributed by atoms with Crippen molar-refractivity contribution < 1.29 is 0 Å². The molecule has 1 N–H and O–H groups in total. The van der Waals surface area contributed by atoms with Gasteiger partial charge in [-0.3, -0.25) is 5.41 Å². The molecule has 0 spiro atoms. The van der Waals surface area contributed by atoms with Crippen molar-refractivity contribution in [3.8, 4) is 0 Å². The molecule has 1 heterocycles. The minimum atomic E-state index is 0.724. The van der Waals surface area contributed by atoms with Gasteiger partial charge in [-0.25, -0.2) is 0 Å². The standard InChI is InChI=1S/C11H20N2/c12-11-8-4-5-9-13(11)10-6-2-1-3-7-10/h10,12H,1-9H2. The van der Waals surface area contributed by atoms with E-state index in [1.165, 1.54) is 44.9 Å². The summed E-state index contributed by atoms with van der Waals surface area (Å²) in [4.78, 5) is 2.38. The molecule has 0 bridgehead atoms. The van der Waals surface area contributed by atoms with E-state index in [-0.39, 0.29) is 0 Å². The summed E-state index contributed by atoms with van der Waals surface area (Å²) in [6, 6.07) is 0.724. The van der Waals surface area contributed by atoms with Gasteiger partial charge in [0.05, 0.1) is 5.84 Å². The highest BCUT2D eigenvalue weighted by Gasteiger charge is 2.24. The van der Waals surface area contributed by atoms with Crippen molar-refractivity contribution in [2.24, 2.45) is 0 Å². The maximum atomic E-state index is 7.91. The molecule has 0 aromatic heterocycles. The highest BCUT2D eigenvalue weighted by atomic mass is 15.2. The Morgan fingerprint density at radius 3 is 2.46 bits per heavy atom. The molecule has 0 amide bonds. The largest absolute Gasteiger partial charge is 0.358 e. The number of hydrogen-bond donors (Lipinski definition) is 1. The summed E-state index contributed by atoms with van der Waals surface area (Å²) < 4.78 is 0. The number of rotatable bonds is 1. The SMILES string of the molecule is N=C1CCCCN1C1CCCCC1. The average Bonchev–Trinajstić information content (AvgIpc) is 2.20. The first kappa shape index (κ1) is 9.04. The van der Waals surface area contributed by atoms with Crippen LogP contribution in [0.25, 0.3) is 0 Å². The Morgan fingerprint density at radius 2 is 1.77 bits per heavy atom. The molecule has 1 aliphatic heterocycles. The van der Waals surface area contributed by atoms with Crippen LogP contribution >= 0.6 is 0 Å². The van der Waals surface area contributed by atoms with Crippen LogP contribution in [0.15, 0.2) is 0 Å². The zero-order valence-electron chi connectivity index (χ0n) is 8.39. The summed E-state index contributed by atoms with van der Waals surface area (Å²) in [6.45, 7) is 1.16. The number of amidine groups is 1. The van der Waals surface area contributed by atoms with Crippen molar-refractivity contribution >= 4 is 5.84 Å². The van der Waals surface area contributed by atoms with Crippen LogP contribution in [0, 0.1) is 5.41 Å². The second-order valence-corrected chi connectivity index (χ2v) is 4.39. The van der Waals surface area contributed by atoms with Crippen LogP contribution in [0.5, 0.6) is 0 Å². The number of piperidine rings is 1. The third kappa shape index (κ3) is 2.04. The van der Waals surface area contributed by atoms with E-state index in [1.807, 2.05) is 0 Å². The van der Waals surface area contributed by atoms with E-state index in [0.717, 1.165) is 24.8 Å². The Morgan fingerprint density at radius 1 is 1.00 bits per heavy atom. The summed E-state index contributed by atoms with van der Waals surface area (Å²) in [5.41, 5.74) is 0. The van der Waals surface area contributed by atoms with Gasteiger partial charge in [0.1, 0.15) is 0 Å². The van der Waals surface area contributed by atoms with Gasteiger partial charge in [-0.15, -0.1) is 0 Å². The predicted molar refractivity (Wildman–Crippen MR) is 55.2 cm³/mol. The van der Waals surface area contributed by atoms with Gasteiger partial charge in [0.15, 0.2) is 0 Å². The van der Waals surface area contributed by atoms with Crippen molar-refractivity contribution in [2.45, 2.75) is 57.4 Å². The summed E-state index contributed by atoms with van der Waals surface area (Å²) in [5.74, 6) is 0.915. The first-order chi connectivity index (χ1) is 6.38. The second-order valence-electron chi connectivity index (χ2n) is 4.39. The van der Waals surface area contributed by atoms with Crippen molar-refractivity contribution in [2.75, 3.05) is 6.54 Å². The van der Waals surface area contributed by atoms with Crippen LogP contribution in [0.3, 0.4) is 0 Å². The molecule has 2 heteroatoms. The molecule has 13 heavy (non-hydrogen) atoms. The molecule has 2 fully saturated rings. The maximum Gasteiger partial charge on any atom is 0.0960 e. The summed E-state index contributed by atoms with van der Waals surface area (Å²) >= 11 is 0. The smallest absolute Gasteiger partial charge is 0.0960 e. The average molecular weight is 180 g/mol. The molecule has 1 saturated carbocycles. The Hall–Kier alpha value is -0.530. The third-order valence-corrected chi connectivity index (χ3v) is 3.42. The van der Waals surface area contributed by atoms with Gasteiger partial charge in [-0.05, 0) is 25.7 Å². The normalized spacial score (nSPS) is 26.5. The number of nitrogens with zero attached hydrogens (tertiary/aromatic N) is 1. The van der Waals surface area contributed by atoms with E-state index in [2.05, 4.69) is 4.90 Å². The second kappa shape index (κ2) is 4.12. The minimum absolute atomic E-state index is 0.724. The van der Waals surface area contributed by atoms with Crippen LogP contribution in [0.2, 0.25) is 0 Å². The van der Waals surface area contributed by atoms with Gasteiger partial charge in [-0.2, -0.15) is 0 Å². The topological polar surface area (TPSA) is 27.1 Å². The Labute approximate surface area is 80.8 Å². The van der Waals surface area contributed by atoms with Crippen molar-refractivity contribution in [1.29, 1.82) is 5.41 Å². The van der Waals surface area contributed by atoms with Gasteiger partial charge < -0.3 is 4.90 Å². The lowest BCUT2D eigenvalue weighted by Gasteiger charge is -2.38. The molecule has 0 unspecified atom stereocenters. The molecule has 2 rings (SSSR count). The first-order valence-electron chi connectivity index (χ1n) is 5.72. The van der Waals surface area contributed by atoms with E-state index in [1.54, 1.807) is 0 Å². The fraction of sp³-hybridized carbons (Fsp3) is 0.909. The van der Waals surface area contributed by atoms with E-state index in [9.17, 15) is 0 Å². The molecule has 1 aliphatic carbocycles. The number of likely N-dealkylation sites (tertiary alicyclic amines) is 1. The fourth-order valence-corrected chi connectivity index (χ4v) is 2.65. The van der Waals surface area contributed by atoms with E-state index >= 15 is 0 Å². The van der Waals surface area contributed by atoms with Crippen LogP contribution < -0.4 is 0 Å². The lowest BCUT2D eigenvalue weighted by molar-refractivity contribution is 0.223. The van der Waals surface area contributed by atoms with Crippen LogP contribution in [-0.4, -0.2) is 23.3 Å². The summed E-state index contributed by atoms with van der Waals surface area (Å²) in [7, 11) is 0. The highest BCUT2D eigenvalue weighted by molar-refractivity contribution is 5.80. The fourth-order valence-electron chi connectivity index (χ4n) is 2.65. The molecule has 74 valence electrons. The number of nitrogens with one attached hydrogen (secondary N) is 1. The Kier molecular flexibility index (Phi) is 2.87. The van der Waals surface area contributed by atoms with Crippen LogP contribution in [0.1, 0.15) is 51.4 Å². The van der Waals surface area contributed by atoms with Gasteiger partial charge in [0.25, 0.3) is 0 Å². The molecule has 0 radical (unpaired) electrons. The molecule has 1 saturated heterocycles. The lowest BCUT2D eigenvalue weighted by atomic mass is 9.92. The first-order valence-corrected chi connectivity index (χ1v) is 5.72. The lowest BCUT2D eigenvalue weighted by Crippen LogP contribution is -2.43. The van der Waals surface area contributed by atoms with Crippen molar-refractivity contribution in [3.05, 3.63) is 0 Å². The third-order valence-electron chi connectivity index (χ3n) is 3.42. The molecule has 2 aliphatic rings. The van der Waals surface area contributed by atoms with Gasteiger partial charge in [0, 0.05) is 19.0 Å². The molecule has 0 aromatic carbocycles. The van der Waals surface area contributed by atoms with Crippen LogP contribution in [0.4, 0.5) is 0 Å². The van der Waals surface area contributed by atoms with Crippen molar-refractivity contribution in [1.82, 2.24) is 4.90 Å². The zero-order chi connectivity index (χ0) is 9.10. The molecular formula is C11H20N2. The van der Waals surface area contributed by atoms with E-state index < -0.39 is 0 Å². The van der Waals surface area contributed by atoms with Crippen molar-refractivity contribution in [3.63, 3.8) is 0 Å². The van der Waals surface area contributed by atoms with Crippen LogP contribution in [-0.2, 0) is 0 Å². The zero-order valence-corrected chi connectivity index (χ0v) is 8.39. The summed E-state index contributed by atoms with van der Waals surface area (Å²) in [5, 5.41) is 7.91. The van der Waals surface area contributed by atoms with Gasteiger partial charge in [0.2, 0.25) is 0 Å². The summed E-state index contributed by atoms with van der Waals surface area (Å²) in [6.07, 6.45) is 10.4. The quantitative estimate of drug-likeness (QED) is 0.660. The minimum Gasteiger partial charge on any atom is -0.358 e. The van der Waals surface area contributed by atoms with Gasteiger partial charge in [-0.1, -0.05) is 19.3 Å². The van der Waals surface area contributed by atoms with E-state index in [4.69, 9.17) is 5.41 Å².